The molecule has 0 saturated carbocycles. The van der Waals surface area contributed by atoms with Crippen LogP contribution in [-0.4, -0.2) is 16.3 Å². The molecule has 90 valence electrons. The minimum absolute atomic E-state index is 0.841. The second-order valence-electron chi connectivity index (χ2n) is 4.22. The van der Waals surface area contributed by atoms with E-state index >= 15 is 0 Å². The van der Waals surface area contributed by atoms with E-state index in [0.29, 0.717) is 0 Å². The van der Waals surface area contributed by atoms with Gasteiger partial charge in [0.25, 0.3) is 0 Å². The summed E-state index contributed by atoms with van der Waals surface area (Å²) in [5.41, 5.74) is 3.68. The summed E-state index contributed by atoms with van der Waals surface area (Å²) in [5, 5.41) is 7.90. The van der Waals surface area contributed by atoms with Gasteiger partial charge >= 0.3 is 0 Å². The lowest BCUT2D eigenvalue weighted by Crippen LogP contribution is -2.13. The molecule has 2 rings (SSSR count). The van der Waals surface area contributed by atoms with Gasteiger partial charge in [-0.15, -0.1) is 0 Å². The third kappa shape index (κ3) is 3.17. The Morgan fingerprint density at radius 2 is 2.00 bits per heavy atom. The van der Waals surface area contributed by atoms with Gasteiger partial charge in [-0.25, -0.2) is 0 Å². The van der Waals surface area contributed by atoms with Crippen LogP contribution in [0.2, 0.25) is 0 Å². The summed E-state index contributed by atoms with van der Waals surface area (Å²) >= 11 is 0. The predicted molar refractivity (Wildman–Crippen MR) is 69.9 cm³/mol. The standard InChI is InChI=1S/C14H19N3/c1-3-15-9-14-12(2)10-17(16-14)11-13-7-5-4-6-8-13/h4-8,10,15H,3,9,11H2,1-2H3. The zero-order valence-corrected chi connectivity index (χ0v) is 10.5. The van der Waals surface area contributed by atoms with Crippen LogP contribution >= 0.6 is 0 Å². The number of rotatable bonds is 5. The molecule has 1 N–H and O–H groups in total. The van der Waals surface area contributed by atoms with Crippen molar-refractivity contribution in [3.8, 4) is 0 Å². The fourth-order valence-corrected chi connectivity index (χ4v) is 1.83. The van der Waals surface area contributed by atoms with Crippen molar-refractivity contribution in [1.29, 1.82) is 0 Å². The van der Waals surface area contributed by atoms with Gasteiger partial charge < -0.3 is 5.32 Å². The number of aryl methyl sites for hydroxylation is 1. The molecule has 3 nitrogen and oxygen atoms in total. The molecule has 0 fully saturated rings. The largest absolute Gasteiger partial charge is 0.311 e. The van der Waals surface area contributed by atoms with Crippen LogP contribution in [0.4, 0.5) is 0 Å². The SMILES string of the molecule is CCNCc1nn(Cc2ccccc2)cc1C. The van der Waals surface area contributed by atoms with Crippen LogP contribution in [0, 0.1) is 6.92 Å². The first-order chi connectivity index (χ1) is 8.29. The fourth-order valence-electron chi connectivity index (χ4n) is 1.83. The molecule has 1 heterocycles. The van der Waals surface area contributed by atoms with Crippen molar-refractivity contribution in [2.45, 2.75) is 26.9 Å². The Kier molecular flexibility index (Phi) is 3.94. The highest BCUT2D eigenvalue weighted by molar-refractivity contribution is 5.18. The maximum absolute atomic E-state index is 4.60. The van der Waals surface area contributed by atoms with Crippen LogP contribution in [0.15, 0.2) is 36.5 Å². The Hall–Kier alpha value is -1.61. The molecule has 17 heavy (non-hydrogen) atoms. The van der Waals surface area contributed by atoms with E-state index in [9.17, 15) is 0 Å². The molecule has 0 saturated heterocycles. The summed E-state index contributed by atoms with van der Waals surface area (Å²) in [6, 6.07) is 10.4. The number of nitrogens with zero attached hydrogens (tertiary/aromatic N) is 2. The third-order valence-corrected chi connectivity index (χ3v) is 2.78. The van der Waals surface area contributed by atoms with Crippen LogP contribution in [0.25, 0.3) is 0 Å². The van der Waals surface area contributed by atoms with Gasteiger partial charge in [0.2, 0.25) is 0 Å². The lowest BCUT2D eigenvalue weighted by Gasteiger charge is -2.01. The molecule has 3 heteroatoms. The number of nitrogens with one attached hydrogen (secondary N) is 1. The summed E-state index contributed by atoms with van der Waals surface area (Å²) in [4.78, 5) is 0. The number of aromatic nitrogens is 2. The Morgan fingerprint density at radius 3 is 2.71 bits per heavy atom. The molecular formula is C14H19N3. The van der Waals surface area contributed by atoms with E-state index < -0.39 is 0 Å². The van der Waals surface area contributed by atoms with Gasteiger partial charge in [-0.05, 0) is 24.6 Å². The normalized spacial score (nSPS) is 10.7. The van der Waals surface area contributed by atoms with E-state index in [1.54, 1.807) is 0 Å². The van der Waals surface area contributed by atoms with E-state index in [0.717, 1.165) is 25.3 Å². The smallest absolute Gasteiger partial charge is 0.0791 e. The monoisotopic (exact) mass is 229 g/mol. The highest BCUT2D eigenvalue weighted by Gasteiger charge is 2.04. The Morgan fingerprint density at radius 1 is 1.24 bits per heavy atom. The first-order valence-corrected chi connectivity index (χ1v) is 6.07. The molecule has 0 atom stereocenters. The molecule has 0 spiro atoms. The van der Waals surface area contributed by atoms with Gasteiger partial charge in [-0.3, -0.25) is 4.68 Å². The van der Waals surface area contributed by atoms with E-state index in [1.807, 2.05) is 10.7 Å². The predicted octanol–water partition coefficient (Wildman–Crippen LogP) is 2.35. The maximum Gasteiger partial charge on any atom is 0.0791 e. The first-order valence-electron chi connectivity index (χ1n) is 6.07. The van der Waals surface area contributed by atoms with Crippen molar-refractivity contribution < 1.29 is 0 Å². The summed E-state index contributed by atoms with van der Waals surface area (Å²) in [6.45, 7) is 6.89. The van der Waals surface area contributed by atoms with E-state index in [-0.39, 0.29) is 0 Å². The number of hydrogen-bond acceptors (Lipinski definition) is 2. The summed E-state index contributed by atoms with van der Waals surface area (Å²) < 4.78 is 2.01. The minimum atomic E-state index is 0.841. The summed E-state index contributed by atoms with van der Waals surface area (Å²) in [5.74, 6) is 0. The number of benzene rings is 1. The molecule has 0 unspecified atom stereocenters. The van der Waals surface area contributed by atoms with Crippen LogP contribution < -0.4 is 5.32 Å². The maximum atomic E-state index is 4.60. The highest BCUT2D eigenvalue weighted by atomic mass is 15.3. The van der Waals surface area contributed by atoms with E-state index in [1.165, 1.54) is 11.1 Å². The van der Waals surface area contributed by atoms with Gasteiger partial charge in [0, 0.05) is 12.7 Å². The van der Waals surface area contributed by atoms with Gasteiger partial charge in [0.15, 0.2) is 0 Å². The average molecular weight is 229 g/mol. The Bertz CT molecular complexity index is 460. The van der Waals surface area contributed by atoms with Crippen LogP contribution in [-0.2, 0) is 13.1 Å². The zero-order valence-electron chi connectivity index (χ0n) is 10.5. The summed E-state index contributed by atoms with van der Waals surface area (Å²) in [7, 11) is 0. The van der Waals surface area contributed by atoms with E-state index in [4.69, 9.17) is 0 Å². The van der Waals surface area contributed by atoms with Gasteiger partial charge in [0.05, 0.1) is 12.2 Å². The van der Waals surface area contributed by atoms with Crippen molar-refractivity contribution in [3.63, 3.8) is 0 Å². The van der Waals surface area contributed by atoms with Crippen molar-refractivity contribution in [2.24, 2.45) is 0 Å². The zero-order chi connectivity index (χ0) is 12.1. The second kappa shape index (κ2) is 5.64. The van der Waals surface area contributed by atoms with Gasteiger partial charge in [-0.1, -0.05) is 37.3 Å². The Labute approximate surface area is 102 Å². The highest BCUT2D eigenvalue weighted by Crippen LogP contribution is 2.07. The Balaban J connectivity index is 2.07. The molecule has 0 amide bonds. The molecule has 0 radical (unpaired) electrons. The second-order valence-corrected chi connectivity index (χ2v) is 4.22. The molecule has 1 aromatic carbocycles. The molecule has 0 aliphatic heterocycles. The van der Waals surface area contributed by atoms with Crippen molar-refractivity contribution in [2.75, 3.05) is 6.54 Å². The lowest BCUT2D eigenvalue weighted by atomic mass is 10.2. The van der Waals surface area contributed by atoms with Gasteiger partial charge in [-0.2, -0.15) is 5.10 Å². The van der Waals surface area contributed by atoms with Crippen molar-refractivity contribution >= 4 is 0 Å². The molecule has 1 aromatic heterocycles. The summed E-state index contributed by atoms with van der Waals surface area (Å²) in [6.07, 6.45) is 2.11. The van der Waals surface area contributed by atoms with Gasteiger partial charge in [0.1, 0.15) is 0 Å². The average Bonchev–Trinajstić information content (AvgIpc) is 2.68. The molecule has 0 bridgehead atoms. The quantitative estimate of drug-likeness (QED) is 0.853. The molecule has 2 aromatic rings. The lowest BCUT2D eigenvalue weighted by molar-refractivity contribution is 0.644. The topological polar surface area (TPSA) is 29.9 Å². The van der Waals surface area contributed by atoms with Crippen LogP contribution in [0.5, 0.6) is 0 Å². The molecular weight excluding hydrogens is 210 g/mol. The van der Waals surface area contributed by atoms with E-state index in [2.05, 4.69) is 54.7 Å². The van der Waals surface area contributed by atoms with Crippen LogP contribution in [0.3, 0.4) is 0 Å². The van der Waals surface area contributed by atoms with Crippen molar-refractivity contribution in [3.05, 3.63) is 53.3 Å². The number of hydrogen-bond donors (Lipinski definition) is 1. The minimum Gasteiger partial charge on any atom is -0.311 e. The fraction of sp³-hybridized carbons (Fsp3) is 0.357. The van der Waals surface area contributed by atoms with Crippen molar-refractivity contribution in [1.82, 2.24) is 15.1 Å². The molecule has 0 aliphatic carbocycles. The van der Waals surface area contributed by atoms with Crippen LogP contribution in [0.1, 0.15) is 23.7 Å². The first kappa shape index (κ1) is 11.9. The third-order valence-electron chi connectivity index (χ3n) is 2.78. The molecule has 0 aliphatic rings.